The third-order valence-electron chi connectivity index (χ3n) is 6.00. The average molecular weight is 460 g/mol. The van der Waals surface area contributed by atoms with Crippen LogP contribution in [0.1, 0.15) is 42.1 Å². The van der Waals surface area contributed by atoms with E-state index in [1.165, 1.54) is 29.2 Å². The van der Waals surface area contributed by atoms with E-state index in [0.717, 1.165) is 17.5 Å². The van der Waals surface area contributed by atoms with Gasteiger partial charge in [-0.15, -0.1) is 0 Å². The predicted molar refractivity (Wildman–Crippen MR) is 129 cm³/mol. The first-order chi connectivity index (χ1) is 16.3. The van der Waals surface area contributed by atoms with Crippen LogP contribution < -0.4 is 9.64 Å². The highest BCUT2D eigenvalue weighted by molar-refractivity contribution is 6.51. The van der Waals surface area contributed by atoms with Crippen molar-refractivity contribution in [2.75, 3.05) is 11.5 Å². The number of benzene rings is 3. The summed E-state index contributed by atoms with van der Waals surface area (Å²) in [4.78, 5) is 27.8. The zero-order chi connectivity index (χ0) is 24.4. The van der Waals surface area contributed by atoms with Crippen molar-refractivity contribution in [3.63, 3.8) is 0 Å². The fraction of sp³-hybridized carbons (Fsp3) is 0.214. The van der Waals surface area contributed by atoms with Crippen LogP contribution in [0, 0.1) is 12.7 Å². The minimum Gasteiger partial charge on any atom is -0.507 e. The number of amides is 1. The second-order valence-electron chi connectivity index (χ2n) is 8.15. The summed E-state index contributed by atoms with van der Waals surface area (Å²) in [5, 5.41) is 11.3. The summed E-state index contributed by atoms with van der Waals surface area (Å²) in [5.74, 6) is -1.59. The molecule has 0 saturated carbocycles. The first kappa shape index (κ1) is 23.2. The number of carbonyl (C=O) groups is 2. The van der Waals surface area contributed by atoms with Gasteiger partial charge in [0.15, 0.2) is 0 Å². The molecule has 4 rings (SSSR count). The third kappa shape index (κ3) is 4.19. The van der Waals surface area contributed by atoms with E-state index in [1.54, 1.807) is 30.3 Å². The topological polar surface area (TPSA) is 66.8 Å². The van der Waals surface area contributed by atoms with Crippen LogP contribution in [0.25, 0.3) is 5.76 Å². The van der Waals surface area contributed by atoms with Crippen LogP contribution in [0.4, 0.5) is 10.1 Å². The number of anilines is 1. The van der Waals surface area contributed by atoms with E-state index in [1.807, 2.05) is 32.9 Å². The van der Waals surface area contributed by atoms with Gasteiger partial charge in [0, 0.05) is 11.3 Å². The van der Waals surface area contributed by atoms with Crippen LogP contribution in [0.15, 0.2) is 72.3 Å². The molecule has 174 valence electrons. The fourth-order valence-electron chi connectivity index (χ4n) is 4.22. The Morgan fingerprint density at radius 3 is 2.26 bits per heavy atom. The van der Waals surface area contributed by atoms with Crippen LogP contribution in [0.5, 0.6) is 5.75 Å². The number of ether oxygens (including phenoxy) is 1. The van der Waals surface area contributed by atoms with E-state index < -0.39 is 23.5 Å². The highest BCUT2D eigenvalue weighted by atomic mass is 19.1. The molecule has 3 aromatic rings. The highest BCUT2D eigenvalue weighted by Gasteiger charge is 2.47. The maximum Gasteiger partial charge on any atom is 0.300 e. The maximum absolute atomic E-state index is 13.7. The fourth-order valence-corrected chi connectivity index (χ4v) is 4.22. The Balaban J connectivity index is 1.89. The summed E-state index contributed by atoms with van der Waals surface area (Å²) < 4.78 is 19.2. The molecule has 1 unspecified atom stereocenters. The van der Waals surface area contributed by atoms with Gasteiger partial charge in [-0.1, -0.05) is 31.2 Å². The maximum atomic E-state index is 13.7. The molecule has 0 radical (unpaired) electrons. The Morgan fingerprint density at radius 1 is 1.00 bits per heavy atom. The molecule has 1 heterocycles. The molecule has 6 heteroatoms. The number of nitrogens with zero attached hydrogens (tertiary/aromatic N) is 1. The van der Waals surface area contributed by atoms with Crippen molar-refractivity contribution in [2.24, 2.45) is 0 Å². The van der Waals surface area contributed by atoms with E-state index in [4.69, 9.17) is 4.74 Å². The van der Waals surface area contributed by atoms with Crippen molar-refractivity contribution in [3.05, 3.63) is 100 Å². The monoisotopic (exact) mass is 459 g/mol. The van der Waals surface area contributed by atoms with E-state index in [0.29, 0.717) is 29.2 Å². The Bertz CT molecular complexity index is 1260. The van der Waals surface area contributed by atoms with Gasteiger partial charge in [-0.3, -0.25) is 14.5 Å². The number of hydrogen-bond acceptors (Lipinski definition) is 4. The van der Waals surface area contributed by atoms with Crippen molar-refractivity contribution in [3.8, 4) is 5.75 Å². The number of aliphatic hydroxyl groups is 1. The highest BCUT2D eigenvalue weighted by Crippen LogP contribution is 2.42. The molecule has 1 atom stereocenters. The van der Waals surface area contributed by atoms with Gasteiger partial charge >= 0.3 is 0 Å². The molecule has 34 heavy (non-hydrogen) atoms. The van der Waals surface area contributed by atoms with Gasteiger partial charge in [-0.25, -0.2) is 4.39 Å². The smallest absolute Gasteiger partial charge is 0.300 e. The number of aryl methyl sites for hydroxylation is 2. The molecule has 1 aliphatic heterocycles. The number of aliphatic hydroxyl groups excluding tert-OH is 1. The molecule has 1 saturated heterocycles. The van der Waals surface area contributed by atoms with Gasteiger partial charge in [-0.2, -0.15) is 0 Å². The Hall–Kier alpha value is -3.93. The van der Waals surface area contributed by atoms with E-state index in [9.17, 15) is 19.1 Å². The number of hydrogen-bond donors (Lipinski definition) is 1. The van der Waals surface area contributed by atoms with Crippen LogP contribution >= 0.6 is 0 Å². The summed E-state index contributed by atoms with van der Waals surface area (Å²) in [7, 11) is 0. The number of ketones is 1. The Kier molecular flexibility index (Phi) is 6.50. The molecule has 1 aliphatic rings. The van der Waals surface area contributed by atoms with Gasteiger partial charge in [0.1, 0.15) is 17.3 Å². The first-order valence-corrected chi connectivity index (χ1v) is 11.2. The number of carbonyl (C=O) groups excluding carboxylic acids is 2. The van der Waals surface area contributed by atoms with E-state index >= 15 is 0 Å². The molecule has 0 aliphatic carbocycles. The molecule has 5 nitrogen and oxygen atoms in total. The Morgan fingerprint density at radius 2 is 1.68 bits per heavy atom. The lowest BCUT2D eigenvalue weighted by atomic mass is 9.94. The quantitative estimate of drug-likeness (QED) is 0.291. The zero-order valence-corrected chi connectivity index (χ0v) is 19.3. The van der Waals surface area contributed by atoms with Crippen LogP contribution in [-0.4, -0.2) is 23.4 Å². The van der Waals surface area contributed by atoms with Crippen molar-refractivity contribution in [2.45, 2.75) is 33.2 Å². The second-order valence-corrected chi connectivity index (χ2v) is 8.15. The van der Waals surface area contributed by atoms with Gasteiger partial charge in [-0.05, 0) is 79.4 Å². The standard InChI is InChI=1S/C28H26FNO4/c1-4-18-6-13-22(14-7-18)30-25(19-8-11-21(29)12-9-19)24(27(32)28(30)33)26(31)20-10-15-23(34-5-2)17(3)16-20/h6-16,25,31H,4-5H2,1-3H3/b26-24-. The molecular formula is C28H26FNO4. The van der Waals surface area contributed by atoms with Crippen LogP contribution in [0.2, 0.25) is 0 Å². The zero-order valence-electron chi connectivity index (χ0n) is 19.3. The summed E-state index contributed by atoms with van der Waals surface area (Å²) in [6, 6.07) is 17.1. The van der Waals surface area contributed by atoms with Gasteiger partial charge in [0.25, 0.3) is 11.7 Å². The molecule has 1 amide bonds. The summed E-state index contributed by atoms with van der Waals surface area (Å²) in [5.41, 5.74) is 3.27. The van der Waals surface area contributed by atoms with Crippen molar-refractivity contribution in [1.82, 2.24) is 0 Å². The van der Waals surface area contributed by atoms with Crippen molar-refractivity contribution < 1.29 is 23.8 Å². The number of Topliss-reactive ketones (excluding diaryl/α,β-unsaturated/α-hetero) is 1. The first-order valence-electron chi connectivity index (χ1n) is 11.2. The summed E-state index contributed by atoms with van der Waals surface area (Å²) in [6.07, 6.45) is 0.831. The Labute approximate surface area is 198 Å². The van der Waals surface area contributed by atoms with Crippen LogP contribution in [-0.2, 0) is 16.0 Å². The minimum absolute atomic E-state index is 0.0419. The molecule has 1 N–H and O–H groups in total. The predicted octanol–water partition coefficient (Wildman–Crippen LogP) is 5.72. The SMILES string of the molecule is CCOc1ccc(/C(O)=C2/C(=O)C(=O)N(c3ccc(CC)cc3)C2c2ccc(F)cc2)cc1C. The van der Waals surface area contributed by atoms with Gasteiger partial charge < -0.3 is 9.84 Å². The number of rotatable bonds is 6. The second kappa shape index (κ2) is 9.51. The average Bonchev–Trinajstić information content (AvgIpc) is 3.11. The van der Waals surface area contributed by atoms with E-state index in [-0.39, 0.29) is 11.3 Å². The molecule has 0 spiro atoms. The van der Waals surface area contributed by atoms with Crippen molar-refractivity contribution in [1.29, 1.82) is 0 Å². The number of halogens is 1. The van der Waals surface area contributed by atoms with Gasteiger partial charge in [0.05, 0.1) is 18.2 Å². The molecule has 1 fully saturated rings. The lowest BCUT2D eigenvalue weighted by Crippen LogP contribution is -2.29. The lowest BCUT2D eigenvalue weighted by Gasteiger charge is -2.25. The normalized spacial score (nSPS) is 17.3. The summed E-state index contributed by atoms with van der Waals surface area (Å²) >= 11 is 0. The lowest BCUT2D eigenvalue weighted by molar-refractivity contribution is -0.132. The molecule has 0 aromatic heterocycles. The third-order valence-corrected chi connectivity index (χ3v) is 6.00. The van der Waals surface area contributed by atoms with E-state index in [2.05, 4.69) is 0 Å². The largest absolute Gasteiger partial charge is 0.507 e. The summed E-state index contributed by atoms with van der Waals surface area (Å²) in [6.45, 7) is 6.24. The molecular weight excluding hydrogens is 433 g/mol. The molecule has 0 bridgehead atoms. The van der Waals surface area contributed by atoms with Crippen molar-refractivity contribution >= 4 is 23.1 Å². The van der Waals surface area contributed by atoms with Gasteiger partial charge in [0.2, 0.25) is 0 Å². The van der Waals surface area contributed by atoms with Crippen LogP contribution in [0.3, 0.4) is 0 Å². The minimum atomic E-state index is -0.903. The molecule has 3 aromatic carbocycles.